The lowest BCUT2D eigenvalue weighted by atomic mass is 10.1. The van der Waals surface area contributed by atoms with Crippen LogP contribution in [-0.4, -0.2) is 41.0 Å². The van der Waals surface area contributed by atoms with E-state index in [4.69, 9.17) is 5.73 Å². The molecular formula is C15H21N5. The van der Waals surface area contributed by atoms with Crippen LogP contribution < -0.4 is 11.1 Å². The monoisotopic (exact) mass is 271 g/mol. The summed E-state index contributed by atoms with van der Waals surface area (Å²) in [7, 11) is 2.14. The number of nitrogen functional groups attached to an aromatic ring is 1. The minimum Gasteiger partial charge on any atom is -0.383 e. The van der Waals surface area contributed by atoms with E-state index in [0.717, 1.165) is 36.4 Å². The first-order valence-electron chi connectivity index (χ1n) is 7.16. The molecule has 0 atom stereocenters. The lowest BCUT2D eigenvalue weighted by Crippen LogP contribution is -2.41. The van der Waals surface area contributed by atoms with Crippen LogP contribution in [0.5, 0.6) is 0 Å². The Hall–Kier alpha value is -1.72. The molecule has 3 rings (SSSR count). The van der Waals surface area contributed by atoms with E-state index in [1.54, 1.807) is 0 Å². The molecule has 5 nitrogen and oxygen atoms in total. The molecule has 0 amide bonds. The van der Waals surface area contributed by atoms with Gasteiger partial charge in [0, 0.05) is 11.4 Å². The first kappa shape index (κ1) is 13.3. The van der Waals surface area contributed by atoms with E-state index in [2.05, 4.69) is 27.2 Å². The molecule has 1 aromatic heterocycles. The zero-order valence-electron chi connectivity index (χ0n) is 11.8. The molecule has 1 aromatic carbocycles. The fraction of sp³-hybridized carbons (Fsp3) is 0.467. The second-order valence-electron chi connectivity index (χ2n) is 5.44. The van der Waals surface area contributed by atoms with E-state index in [1.807, 2.05) is 24.3 Å². The van der Waals surface area contributed by atoms with Crippen molar-refractivity contribution in [3.63, 3.8) is 0 Å². The molecule has 106 valence electrons. The number of para-hydroxylation sites is 1. The summed E-state index contributed by atoms with van der Waals surface area (Å²) in [4.78, 5) is 11.4. The number of benzene rings is 1. The Kier molecular flexibility index (Phi) is 3.80. The van der Waals surface area contributed by atoms with Gasteiger partial charge < -0.3 is 11.1 Å². The fourth-order valence-corrected chi connectivity index (χ4v) is 2.82. The first-order valence-corrected chi connectivity index (χ1v) is 7.16. The quantitative estimate of drug-likeness (QED) is 0.883. The summed E-state index contributed by atoms with van der Waals surface area (Å²) >= 11 is 0. The van der Waals surface area contributed by atoms with Gasteiger partial charge in [0.05, 0.1) is 12.1 Å². The summed E-state index contributed by atoms with van der Waals surface area (Å²) in [5.41, 5.74) is 6.96. The van der Waals surface area contributed by atoms with Crippen molar-refractivity contribution in [2.24, 2.45) is 0 Å². The third kappa shape index (κ3) is 2.73. The van der Waals surface area contributed by atoms with Gasteiger partial charge >= 0.3 is 0 Å². The van der Waals surface area contributed by atoms with Gasteiger partial charge in [-0.05, 0) is 45.1 Å². The third-order valence-corrected chi connectivity index (χ3v) is 4.00. The summed E-state index contributed by atoms with van der Waals surface area (Å²) in [6, 6.07) is 8.50. The Balaban J connectivity index is 1.80. The van der Waals surface area contributed by atoms with Crippen molar-refractivity contribution < 1.29 is 0 Å². The molecule has 1 aliphatic rings. The largest absolute Gasteiger partial charge is 0.383 e. The maximum atomic E-state index is 6.03. The van der Waals surface area contributed by atoms with Crippen molar-refractivity contribution in [2.45, 2.75) is 25.4 Å². The number of nitrogens with two attached hydrogens (primary N) is 1. The normalized spacial score (nSPS) is 16.9. The Morgan fingerprint density at radius 3 is 2.80 bits per heavy atom. The zero-order chi connectivity index (χ0) is 13.9. The molecule has 0 aliphatic carbocycles. The maximum Gasteiger partial charge on any atom is 0.145 e. The van der Waals surface area contributed by atoms with Crippen molar-refractivity contribution >= 4 is 16.7 Å². The third-order valence-electron chi connectivity index (χ3n) is 4.00. The molecule has 1 saturated heterocycles. The van der Waals surface area contributed by atoms with E-state index in [9.17, 15) is 0 Å². The Morgan fingerprint density at radius 1 is 1.25 bits per heavy atom. The van der Waals surface area contributed by atoms with Crippen LogP contribution in [0.2, 0.25) is 0 Å². The van der Waals surface area contributed by atoms with Crippen LogP contribution >= 0.6 is 0 Å². The Labute approximate surface area is 119 Å². The summed E-state index contributed by atoms with van der Waals surface area (Å²) in [5.74, 6) is 1.38. The summed E-state index contributed by atoms with van der Waals surface area (Å²) in [6.45, 7) is 2.94. The predicted octanol–water partition coefficient (Wildman–Crippen LogP) is 1.40. The van der Waals surface area contributed by atoms with Crippen molar-refractivity contribution in [3.05, 3.63) is 30.1 Å². The van der Waals surface area contributed by atoms with Crippen LogP contribution in [0.4, 0.5) is 5.82 Å². The molecule has 0 spiro atoms. The van der Waals surface area contributed by atoms with Crippen molar-refractivity contribution in [1.82, 2.24) is 20.2 Å². The smallest absolute Gasteiger partial charge is 0.145 e. The number of nitrogens with one attached hydrogen (secondary N) is 1. The number of hydrogen-bond donors (Lipinski definition) is 2. The van der Waals surface area contributed by atoms with Gasteiger partial charge in [-0.15, -0.1) is 0 Å². The van der Waals surface area contributed by atoms with Crippen LogP contribution in [-0.2, 0) is 6.54 Å². The molecule has 0 bridgehead atoms. The van der Waals surface area contributed by atoms with E-state index < -0.39 is 0 Å². The second kappa shape index (κ2) is 5.73. The number of rotatable bonds is 3. The van der Waals surface area contributed by atoms with Crippen LogP contribution in [0, 0.1) is 0 Å². The molecule has 0 unspecified atom stereocenters. The van der Waals surface area contributed by atoms with Crippen LogP contribution in [0.15, 0.2) is 24.3 Å². The highest BCUT2D eigenvalue weighted by atomic mass is 15.2. The van der Waals surface area contributed by atoms with Crippen molar-refractivity contribution in [3.8, 4) is 0 Å². The second-order valence-corrected chi connectivity index (χ2v) is 5.44. The number of anilines is 1. The molecule has 0 saturated carbocycles. The van der Waals surface area contributed by atoms with E-state index in [0.29, 0.717) is 11.9 Å². The highest BCUT2D eigenvalue weighted by Crippen LogP contribution is 2.18. The van der Waals surface area contributed by atoms with Gasteiger partial charge in [0.1, 0.15) is 11.6 Å². The number of nitrogens with zero attached hydrogens (tertiary/aromatic N) is 3. The fourth-order valence-electron chi connectivity index (χ4n) is 2.82. The average Bonchev–Trinajstić information content (AvgIpc) is 2.48. The van der Waals surface area contributed by atoms with Gasteiger partial charge in [0.25, 0.3) is 0 Å². The van der Waals surface area contributed by atoms with Gasteiger partial charge in [-0.25, -0.2) is 9.97 Å². The minimum atomic E-state index is 0.573. The highest BCUT2D eigenvalue weighted by Gasteiger charge is 2.18. The van der Waals surface area contributed by atoms with Crippen LogP contribution in [0.25, 0.3) is 10.9 Å². The lowest BCUT2D eigenvalue weighted by Gasteiger charge is -2.31. The molecule has 5 heteroatoms. The highest BCUT2D eigenvalue weighted by molar-refractivity contribution is 5.87. The molecular weight excluding hydrogens is 250 g/mol. The molecule has 0 radical (unpaired) electrons. The van der Waals surface area contributed by atoms with Gasteiger partial charge in [-0.2, -0.15) is 0 Å². The molecule has 1 fully saturated rings. The van der Waals surface area contributed by atoms with Crippen LogP contribution in [0.1, 0.15) is 18.7 Å². The SMILES string of the molecule is CN(Cc1nc(N)c2ccccc2n1)C1CCNCC1. The number of aromatic nitrogens is 2. The summed E-state index contributed by atoms with van der Waals surface area (Å²) in [5, 5.41) is 4.32. The maximum absolute atomic E-state index is 6.03. The molecule has 20 heavy (non-hydrogen) atoms. The predicted molar refractivity (Wildman–Crippen MR) is 81.3 cm³/mol. The van der Waals surface area contributed by atoms with Gasteiger partial charge in [0.15, 0.2) is 0 Å². The summed E-state index contributed by atoms with van der Waals surface area (Å²) in [6.07, 6.45) is 2.36. The van der Waals surface area contributed by atoms with E-state index >= 15 is 0 Å². The molecule has 3 N–H and O–H groups in total. The standard InChI is InChI=1S/C15H21N5/c1-20(11-6-8-17-9-7-11)10-14-18-13-5-3-2-4-12(13)15(16)19-14/h2-5,11,17H,6-10H2,1H3,(H2,16,18,19). The lowest BCUT2D eigenvalue weighted by molar-refractivity contribution is 0.188. The Bertz CT molecular complexity index is 592. The van der Waals surface area contributed by atoms with E-state index in [-0.39, 0.29) is 0 Å². The van der Waals surface area contributed by atoms with Crippen molar-refractivity contribution in [2.75, 3.05) is 25.9 Å². The Morgan fingerprint density at radius 2 is 2.00 bits per heavy atom. The van der Waals surface area contributed by atoms with Gasteiger partial charge in [0.2, 0.25) is 0 Å². The molecule has 2 aromatic rings. The topological polar surface area (TPSA) is 67.1 Å². The van der Waals surface area contributed by atoms with Crippen molar-refractivity contribution in [1.29, 1.82) is 0 Å². The van der Waals surface area contributed by atoms with E-state index in [1.165, 1.54) is 12.8 Å². The zero-order valence-corrected chi connectivity index (χ0v) is 11.8. The molecule has 2 heterocycles. The van der Waals surface area contributed by atoms with Gasteiger partial charge in [-0.3, -0.25) is 4.90 Å². The summed E-state index contributed by atoms with van der Waals surface area (Å²) < 4.78 is 0. The molecule has 1 aliphatic heterocycles. The number of hydrogen-bond acceptors (Lipinski definition) is 5. The first-order chi connectivity index (χ1) is 9.74. The number of piperidine rings is 1. The van der Waals surface area contributed by atoms with Crippen LogP contribution in [0.3, 0.4) is 0 Å². The van der Waals surface area contributed by atoms with Gasteiger partial charge in [-0.1, -0.05) is 12.1 Å². The number of fused-ring (bicyclic) bond motifs is 1. The minimum absolute atomic E-state index is 0.573. The average molecular weight is 271 g/mol.